The van der Waals surface area contributed by atoms with Gasteiger partial charge in [-0.3, -0.25) is 0 Å². The largest absolute Gasteiger partial charge is 0.249 e. The normalized spacial score (nSPS) is 21.3. The van der Waals surface area contributed by atoms with E-state index < -0.39 is 10.0 Å². The van der Waals surface area contributed by atoms with Crippen LogP contribution in [0.25, 0.3) is 11.2 Å². The zero-order valence-electron chi connectivity index (χ0n) is 10.8. The highest BCUT2D eigenvalue weighted by Gasteiger charge is 2.32. The lowest BCUT2D eigenvalue weighted by atomic mass is 10.0. The molecule has 1 aliphatic rings. The molecule has 8 heteroatoms. The van der Waals surface area contributed by atoms with Gasteiger partial charge in [-0.15, -0.1) is 0 Å². The SMILES string of the molecule is Cn1nc([C@@H]2CCN(S(C)(=O)=O)C2)c2nccnc21. The van der Waals surface area contributed by atoms with Crippen molar-refractivity contribution in [3.63, 3.8) is 0 Å². The first-order chi connectivity index (χ1) is 8.97. The van der Waals surface area contributed by atoms with Crippen LogP contribution in [-0.4, -0.2) is 51.8 Å². The molecule has 3 heterocycles. The van der Waals surface area contributed by atoms with Gasteiger partial charge in [-0.05, 0) is 6.42 Å². The van der Waals surface area contributed by atoms with Crippen molar-refractivity contribution in [2.24, 2.45) is 7.05 Å². The number of rotatable bonds is 2. The average Bonchev–Trinajstić information content (AvgIpc) is 2.94. The van der Waals surface area contributed by atoms with Crippen LogP contribution in [-0.2, 0) is 17.1 Å². The van der Waals surface area contributed by atoms with Gasteiger partial charge in [0.1, 0.15) is 5.52 Å². The van der Waals surface area contributed by atoms with E-state index in [1.54, 1.807) is 17.1 Å². The molecule has 0 unspecified atom stereocenters. The molecule has 0 aromatic carbocycles. The predicted molar refractivity (Wildman–Crippen MR) is 70.1 cm³/mol. The van der Waals surface area contributed by atoms with Crippen LogP contribution in [0.1, 0.15) is 18.0 Å². The third-order valence-electron chi connectivity index (χ3n) is 3.49. The molecule has 0 saturated carbocycles. The summed E-state index contributed by atoms with van der Waals surface area (Å²) >= 11 is 0. The van der Waals surface area contributed by atoms with E-state index in [9.17, 15) is 8.42 Å². The Kier molecular flexibility index (Phi) is 2.79. The van der Waals surface area contributed by atoms with Crippen LogP contribution in [0.2, 0.25) is 0 Å². The summed E-state index contributed by atoms with van der Waals surface area (Å²) < 4.78 is 26.3. The fourth-order valence-corrected chi connectivity index (χ4v) is 3.42. The molecule has 102 valence electrons. The van der Waals surface area contributed by atoms with Gasteiger partial charge < -0.3 is 0 Å². The second kappa shape index (κ2) is 4.24. The van der Waals surface area contributed by atoms with Gasteiger partial charge >= 0.3 is 0 Å². The molecule has 0 N–H and O–H groups in total. The van der Waals surface area contributed by atoms with Gasteiger partial charge in [-0.25, -0.2) is 27.4 Å². The zero-order chi connectivity index (χ0) is 13.6. The van der Waals surface area contributed by atoms with Crippen LogP contribution in [0.3, 0.4) is 0 Å². The molecule has 1 aliphatic heterocycles. The van der Waals surface area contributed by atoms with Crippen molar-refractivity contribution in [1.82, 2.24) is 24.1 Å². The minimum atomic E-state index is -3.13. The summed E-state index contributed by atoms with van der Waals surface area (Å²) in [7, 11) is -1.30. The first kappa shape index (κ1) is 12.5. The molecular weight excluding hydrogens is 266 g/mol. The van der Waals surface area contributed by atoms with Gasteiger partial charge in [-0.2, -0.15) is 5.10 Å². The number of hydrogen-bond donors (Lipinski definition) is 0. The molecule has 1 fully saturated rings. The van der Waals surface area contributed by atoms with Gasteiger partial charge in [0.2, 0.25) is 10.0 Å². The highest BCUT2D eigenvalue weighted by molar-refractivity contribution is 7.88. The second-order valence-electron chi connectivity index (χ2n) is 4.84. The van der Waals surface area contributed by atoms with Gasteiger partial charge in [0.05, 0.1) is 11.9 Å². The maximum Gasteiger partial charge on any atom is 0.211 e. The third-order valence-corrected chi connectivity index (χ3v) is 4.76. The number of fused-ring (bicyclic) bond motifs is 1. The van der Waals surface area contributed by atoms with Crippen molar-refractivity contribution in [2.75, 3.05) is 19.3 Å². The minimum Gasteiger partial charge on any atom is -0.249 e. The van der Waals surface area contributed by atoms with Crippen LogP contribution in [0.5, 0.6) is 0 Å². The van der Waals surface area contributed by atoms with Gasteiger partial charge in [0.15, 0.2) is 5.65 Å². The first-order valence-corrected chi connectivity index (χ1v) is 7.90. The Bertz CT molecular complexity index is 724. The summed E-state index contributed by atoms with van der Waals surface area (Å²) in [5.74, 6) is 0.0927. The van der Waals surface area contributed by atoms with Crippen molar-refractivity contribution in [2.45, 2.75) is 12.3 Å². The summed E-state index contributed by atoms with van der Waals surface area (Å²) in [5, 5.41) is 4.46. The highest BCUT2D eigenvalue weighted by Crippen LogP contribution is 2.30. The lowest BCUT2D eigenvalue weighted by Crippen LogP contribution is -2.27. The Morgan fingerprint density at radius 2 is 2.05 bits per heavy atom. The summed E-state index contributed by atoms with van der Waals surface area (Å²) in [5.41, 5.74) is 2.34. The number of hydrogen-bond acceptors (Lipinski definition) is 5. The van der Waals surface area contributed by atoms with Crippen molar-refractivity contribution in [3.05, 3.63) is 18.1 Å². The quantitative estimate of drug-likeness (QED) is 0.780. The Balaban J connectivity index is 1.99. The van der Waals surface area contributed by atoms with E-state index in [4.69, 9.17) is 0 Å². The van der Waals surface area contributed by atoms with Crippen molar-refractivity contribution in [3.8, 4) is 0 Å². The van der Waals surface area contributed by atoms with Crippen molar-refractivity contribution >= 4 is 21.2 Å². The Morgan fingerprint density at radius 3 is 2.74 bits per heavy atom. The molecule has 19 heavy (non-hydrogen) atoms. The molecule has 0 aliphatic carbocycles. The topological polar surface area (TPSA) is 81.0 Å². The van der Waals surface area contributed by atoms with E-state index in [0.717, 1.165) is 23.3 Å². The molecule has 0 spiro atoms. The smallest absolute Gasteiger partial charge is 0.211 e. The Hall–Kier alpha value is -1.54. The maximum absolute atomic E-state index is 11.6. The van der Waals surface area contributed by atoms with E-state index >= 15 is 0 Å². The molecule has 1 atom stereocenters. The average molecular weight is 281 g/mol. The molecule has 2 aromatic heterocycles. The summed E-state index contributed by atoms with van der Waals surface area (Å²) in [6, 6.07) is 0. The molecule has 0 bridgehead atoms. The lowest BCUT2D eigenvalue weighted by Gasteiger charge is -2.12. The molecule has 0 radical (unpaired) electrons. The van der Waals surface area contributed by atoms with Crippen molar-refractivity contribution in [1.29, 1.82) is 0 Å². The van der Waals surface area contributed by atoms with Crippen LogP contribution in [0.4, 0.5) is 0 Å². The van der Waals surface area contributed by atoms with Crippen LogP contribution >= 0.6 is 0 Å². The molecule has 2 aromatic rings. The van der Waals surface area contributed by atoms with Crippen LogP contribution < -0.4 is 0 Å². The minimum absolute atomic E-state index is 0.0927. The maximum atomic E-state index is 11.6. The van der Waals surface area contributed by atoms with E-state index in [1.165, 1.54) is 10.6 Å². The molecule has 7 nitrogen and oxygen atoms in total. The highest BCUT2D eigenvalue weighted by atomic mass is 32.2. The van der Waals surface area contributed by atoms with Gasteiger partial charge in [0.25, 0.3) is 0 Å². The van der Waals surface area contributed by atoms with Crippen LogP contribution in [0.15, 0.2) is 12.4 Å². The molecule has 1 saturated heterocycles. The summed E-state index contributed by atoms with van der Waals surface area (Å²) in [6.07, 6.45) is 5.28. The fourth-order valence-electron chi connectivity index (χ4n) is 2.53. The van der Waals surface area contributed by atoms with E-state index in [-0.39, 0.29) is 5.92 Å². The van der Waals surface area contributed by atoms with E-state index in [0.29, 0.717) is 13.1 Å². The van der Waals surface area contributed by atoms with Gasteiger partial charge in [0, 0.05) is 38.4 Å². The Morgan fingerprint density at radius 1 is 1.32 bits per heavy atom. The lowest BCUT2D eigenvalue weighted by molar-refractivity contribution is 0.477. The van der Waals surface area contributed by atoms with E-state index in [2.05, 4.69) is 15.1 Å². The number of aromatic nitrogens is 4. The standard InChI is InChI=1S/C11H15N5O2S/c1-15-11-10(12-4-5-13-11)9(14-15)8-3-6-16(7-8)19(2,17)18/h4-5,8H,3,6-7H2,1-2H3/t8-/m1/s1. The fraction of sp³-hybridized carbons (Fsp3) is 0.545. The molecule has 3 rings (SSSR count). The molecular formula is C11H15N5O2S. The first-order valence-electron chi connectivity index (χ1n) is 6.05. The monoisotopic (exact) mass is 281 g/mol. The number of aryl methyl sites for hydroxylation is 1. The second-order valence-corrected chi connectivity index (χ2v) is 6.83. The van der Waals surface area contributed by atoms with Crippen molar-refractivity contribution < 1.29 is 8.42 Å². The predicted octanol–water partition coefficient (Wildman–Crippen LogP) is 0.112. The molecule has 0 amide bonds. The third kappa shape index (κ3) is 2.10. The van der Waals surface area contributed by atoms with Crippen LogP contribution in [0, 0.1) is 0 Å². The summed E-state index contributed by atoms with van der Waals surface area (Å²) in [6.45, 7) is 1.02. The Labute approximate surface area is 111 Å². The van der Waals surface area contributed by atoms with Gasteiger partial charge in [-0.1, -0.05) is 0 Å². The van der Waals surface area contributed by atoms with E-state index in [1.807, 2.05) is 7.05 Å². The number of sulfonamides is 1. The number of nitrogens with zero attached hydrogens (tertiary/aromatic N) is 5. The summed E-state index contributed by atoms with van der Waals surface area (Å²) in [4.78, 5) is 8.57. The zero-order valence-corrected chi connectivity index (χ0v) is 11.6.